The Hall–Kier alpha value is -4.96. The maximum Gasteiger partial charge on any atom is 0.274 e. The molecule has 0 bridgehead atoms. The normalized spacial score (nSPS) is 12.2. The summed E-state index contributed by atoms with van der Waals surface area (Å²) in [5, 5.41) is 14.3. The molecule has 0 unspecified atom stereocenters. The predicted molar refractivity (Wildman–Crippen MR) is 135 cm³/mol. The molecule has 0 radical (unpaired) electrons. The molecule has 10 nitrogen and oxygen atoms in total. The molecule has 2 N–H and O–H groups in total. The van der Waals surface area contributed by atoms with Crippen molar-refractivity contribution in [3.63, 3.8) is 0 Å². The summed E-state index contributed by atoms with van der Waals surface area (Å²) in [6.07, 6.45) is 1.51. The van der Waals surface area contributed by atoms with Gasteiger partial charge in [0, 0.05) is 23.7 Å². The second kappa shape index (κ2) is 8.92. The number of benzene rings is 3. The predicted octanol–water partition coefficient (Wildman–Crippen LogP) is 3.36. The summed E-state index contributed by atoms with van der Waals surface area (Å²) in [5.74, 6) is 0.767. The van der Waals surface area contributed by atoms with Gasteiger partial charge < -0.3 is 14.0 Å². The van der Waals surface area contributed by atoms with E-state index < -0.39 is 5.91 Å². The van der Waals surface area contributed by atoms with Crippen molar-refractivity contribution in [3.05, 3.63) is 94.5 Å². The molecule has 1 aliphatic heterocycles. The highest BCUT2D eigenvalue weighted by Crippen LogP contribution is 2.37. The fourth-order valence-corrected chi connectivity index (χ4v) is 4.34. The number of carbonyl (C=O) groups excluding carboxylic acids is 1. The quantitative estimate of drug-likeness (QED) is 0.283. The van der Waals surface area contributed by atoms with Gasteiger partial charge in [0.1, 0.15) is 0 Å². The summed E-state index contributed by atoms with van der Waals surface area (Å²) in [5.41, 5.74) is 6.57. The maximum atomic E-state index is 12.7. The number of nitrogens with zero attached hydrogens (tertiary/aromatic N) is 4. The summed E-state index contributed by atoms with van der Waals surface area (Å²) >= 11 is 0. The van der Waals surface area contributed by atoms with E-state index in [0.717, 1.165) is 22.4 Å². The van der Waals surface area contributed by atoms with Crippen molar-refractivity contribution >= 4 is 16.8 Å². The minimum absolute atomic E-state index is 0.130. The number of nitrogens with one attached hydrogen (secondary N) is 1. The standard InChI is InChI=1S/C27H21N5O5/c1-31-14-28-21-8-6-18(10-20(21)27(31)34)22-12-23(19-7-9-24-25(11-19)37-15-36-24)32(29-22)13-16-2-4-17(5-3-16)26(33)30-35/h2-12,14,35H,13,15H2,1H3,(H,30,33). The summed E-state index contributed by atoms with van der Waals surface area (Å²) in [6.45, 7) is 0.596. The Bertz CT molecular complexity index is 1720. The summed E-state index contributed by atoms with van der Waals surface area (Å²) < 4.78 is 14.3. The fourth-order valence-electron chi connectivity index (χ4n) is 4.34. The van der Waals surface area contributed by atoms with Crippen molar-refractivity contribution in [2.75, 3.05) is 6.79 Å². The third-order valence-corrected chi connectivity index (χ3v) is 6.31. The van der Waals surface area contributed by atoms with E-state index in [1.807, 2.05) is 47.1 Å². The van der Waals surface area contributed by atoms with E-state index in [2.05, 4.69) is 4.98 Å². The molecule has 3 aromatic carbocycles. The third-order valence-electron chi connectivity index (χ3n) is 6.31. The van der Waals surface area contributed by atoms with Crippen LogP contribution in [0.25, 0.3) is 33.4 Å². The number of rotatable bonds is 5. The van der Waals surface area contributed by atoms with Crippen molar-refractivity contribution in [1.29, 1.82) is 0 Å². The molecule has 37 heavy (non-hydrogen) atoms. The smallest absolute Gasteiger partial charge is 0.274 e. The Morgan fingerprint density at radius 2 is 1.78 bits per heavy atom. The topological polar surface area (TPSA) is 120 Å². The second-order valence-corrected chi connectivity index (χ2v) is 8.67. The summed E-state index contributed by atoms with van der Waals surface area (Å²) in [6, 6.07) is 20.1. The van der Waals surface area contributed by atoms with Crippen molar-refractivity contribution in [3.8, 4) is 34.0 Å². The number of carbonyl (C=O) groups is 1. The number of hydroxylamine groups is 1. The van der Waals surface area contributed by atoms with E-state index in [1.165, 1.54) is 10.9 Å². The zero-order valence-electron chi connectivity index (χ0n) is 19.7. The Morgan fingerprint density at radius 1 is 1.00 bits per heavy atom. The van der Waals surface area contributed by atoms with Gasteiger partial charge in [-0.25, -0.2) is 10.5 Å². The van der Waals surface area contributed by atoms with Gasteiger partial charge in [0.25, 0.3) is 11.5 Å². The van der Waals surface area contributed by atoms with Crippen LogP contribution in [0.5, 0.6) is 11.5 Å². The first kappa shape index (κ1) is 22.5. The molecule has 1 aliphatic rings. The van der Waals surface area contributed by atoms with Gasteiger partial charge in [-0.05, 0) is 54.1 Å². The SMILES string of the molecule is Cn1cnc2ccc(-c3cc(-c4ccc5c(c4)OCO5)n(Cc4ccc(C(=O)NO)cc4)n3)cc2c1=O. The third kappa shape index (κ3) is 4.09. The first-order chi connectivity index (χ1) is 18.0. The van der Waals surface area contributed by atoms with Gasteiger partial charge in [0.2, 0.25) is 6.79 Å². The van der Waals surface area contributed by atoms with Crippen LogP contribution >= 0.6 is 0 Å². The molecule has 0 fully saturated rings. The van der Waals surface area contributed by atoms with Crippen LogP contribution in [0.3, 0.4) is 0 Å². The van der Waals surface area contributed by atoms with Gasteiger partial charge in [-0.2, -0.15) is 5.10 Å². The lowest BCUT2D eigenvalue weighted by Crippen LogP contribution is -2.18. The van der Waals surface area contributed by atoms with Crippen LogP contribution in [0, 0.1) is 0 Å². The monoisotopic (exact) mass is 495 g/mol. The summed E-state index contributed by atoms with van der Waals surface area (Å²) in [4.78, 5) is 28.7. The van der Waals surface area contributed by atoms with E-state index in [9.17, 15) is 9.59 Å². The van der Waals surface area contributed by atoms with Crippen molar-refractivity contribution in [1.82, 2.24) is 24.8 Å². The van der Waals surface area contributed by atoms with E-state index in [-0.39, 0.29) is 12.4 Å². The lowest BCUT2D eigenvalue weighted by molar-refractivity contribution is 0.0706. The molecule has 2 aromatic heterocycles. The van der Waals surface area contributed by atoms with Gasteiger partial charge >= 0.3 is 0 Å². The van der Waals surface area contributed by atoms with Crippen molar-refractivity contribution in [2.24, 2.45) is 7.05 Å². The number of hydrogen-bond acceptors (Lipinski definition) is 7. The number of aryl methyl sites for hydroxylation is 1. The Balaban J connectivity index is 1.44. The molecule has 0 aliphatic carbocycles. The molecular weight excluding hydrogens is 474 g/mol. The van der Waals surface area contributed by atoms with Crippen LogP contribution in [0.1, 0.15) is 15.9 Å². The van der Waals surface area contributed by atoms with E-state index in [1.54, 1.807) is 36.8 Å². The van der Waals surface area contributed by atoms with Gasteiger partial charge in [0.05, 0.1) is 35.2 Å². The molecule has 0 saturated carbocycles. The first-order valence-corrected chi connectivity index (χ1v) is 11.5. The minimum Gasteiger partial charge on any atom is -0.454 e. The maximum absolute atomic E-state index is 12.7. The zero-order valence-corrected chi connectivity index (χ0v) is 19.7. The molecule has 10 heteroatoms. The molecule has 0 saturated heterocycles. The van der Waals surface area contributed by atoms with Gasteiger partial charge in [-0.1, -0.05) is 18.2 Å². The number of amides is 1. The number of fused-ring (bicyclic) bond motifs is 2. The van der Waals surface area contributed by atoms with Crippen LogP contribution in [-0.2, 0) is 13.6 Å². The Morgan fingerprint density at radius 3 is 2.59 bits per heavy atom. The molecule has 0 atom stereocenters. The molecule has 0 spiro atoms. The second-order valence-electron chi connectivity index (χ2n) is 8.67. The lowest BCUT2D eigenvalue weighted by atomic mass is 10.1. The molecular formula is C27H21N5O5. The van der Waals surface area contributed by atoms with E-state index in [4.69, 9.17) is 19.8 Å². The average molecular weight is 495 g/mol. The van der Waals surface area contributed by atoms with Crippen LogP contribution < -0.4 is 20.5 Å². The van der Waals surface area contributed by atoms with E-state index in [0.29, 0.717) is 40.2 Å². The Kier molecular flexibility index (Phi) is 5.42. The lowest BCUT2D eigenvalue weighted by Gasteiger charge is -2.09. The Labute approximate surface area is 210 Å². The highest BCUT2D eigenvalue weighted by molar-refractivity contribution is 5.93. The molecule has 3 heterocycles. The van der Waals surface area contributed by atoms with Gasteiger partial charge in [-0.15, -0.1) is 0 Å². The zero-order chi connectivity index (χ0) is 25.5. The van der Waals surface area contributed by atoms with Crippen LogP contribution in [0.4, 0.5) is 0 Å². The van der Waals surface area contributed by atoms with Crippen molar-refractivity contribution < 1.29 is 19.5 Å². The summed E-state index contributed by atoms with van der Waals surface area (Å²) in [7, 11) is 1.67. The van der Waals surface area contributed by atoms with E-state index >= 15 is 0 Å². The number of hydrogen-bond donors (Lipinski definition) is 2. The first-order valence-electron chi connectivity index (χ1n) is 11.5. The highest BCUT2D eigenvalue weighted by Gasteiger charge is 2.18. The van der Waals surface area contributed by atoms with Crippen molar-refractivity contribution in [2.45, 2.75) is 6.54 Å². The average Bonchev–Trinajstić information content (AvgIpc) is 3.57. The largest absolute Gasteiger partial charge is 0.454 e. The minimum atomic E-state index is -0.578. The van der Waals surface area contributed by atoms with Crippen LogP contribution in [-0.4, -0.2) is 37.2 Å². The molecule has 6 rings (SSSR count). The number of aromatic nitrogens is 4. The molecule has 184 valence electrons. The highest BCUT2D eigenvalue weighted by atomic mass is 16.7. The van der Waals surface area contributed by atoms with Crippen LogP contribution in [0.2, 0.25) is 0 Å². The fraction of sp³-hybridized carbons (Fsp3) is 0.111. The molecule has 1 amide bonds. The van der Waals surface area contributed by atoms with Crippen LogP contribution in [0.15, 0.2) is 77.9 Å². The van der Waals surface area contributed by atoms with Gasteiger partial charge in [-0.3, -0.25) is 19.5 Å². The van der Waals surface area contributed by atoms with Gasteiger partial charge in [0.15, 0.2) is 11.5 Å². The molecule has 5 aromatic rings. The number of ether oxygens (including phenoxy) is 2.